The highest BCUT2D eigenvalue weighted by Crippen LogP contribution is 2.17. The lowest BCUT2D eigenvalue weighted by Crippen LogP contribution is -2.34. The SMILES string of the molecule is CCOOC(=O)C(C)(C)C(=O)O. The van der Waals surface area contributed by atoms with Crippen molar-refractivity contribution in [1.82, 2.24) is 0 Å². The Hall–Kier alpha value is -1.10. The maximum atomic E-state index is 10.9. The van der Waals surface area contributed by atoms with E-state index in [0.717, 1.165) is 0 Å². The number of aliphatic carboxylic acids is 1. The zero-order valence-corrected chi connectivity index (χ0v) is 7.29. The molecule has 0 radical (unpaired) electrons. The van der Waals surface area contributed by atoms with Crippen molar-refractivity contribution in [2.24, 2.45) is 5.41 Å². The Balaban J connectivity index is 4.16. The minimum atomic E-state index is -1.56. The van der Waals surface area contributed by atoms with Crippen molar-refractivity contribution in [1.29, 1.82) is 0 Å². The van der Waals surface area contributed by atoms with Crippen LogP contribution in [0.4, 0.5) is 0 Å². The molecular formula is C7H12O5. The van der Waals surface area contributed by atoms with Gasteiger partial charge in [-0.2, -0.15) is 4.89 Å². The van der Waals surface area contributed by atoms with Crippen molar-refractivity contribution in [3.8, 4) is 0 Å². The van der Waals surface area contributed by atoms with Crippen molar-refractivity contribution in [3.05, 3.63) is 0 Å². The summed E-state index contributed by atoms with van der Waals surface area (Å²) >= 11 is 0. The lowest BCUT2D eigenvalue weighted by molar-refractivity contribution is -0.277. The minimum absolute atomic E-state index is 0.196. The van der Waals surface area contributed by atoms with Crippen LogP contribution in [0, 0.1) is 5.41 Å². The first-order valence-electron chi connectivity index (χ1n) is 3.50. The topological polar surface area (TPSA) is 72.8 Å². The molecule has 0 aliphatic rings. The van der Waals surface area contributed by atoms with Gasteiger partial charge in [0.25, 0.3) is 0 Å². The van der Waals surface area contributed by atoms with Crippen LogP contribution in [0.2, 0.25) is 0 Å². The summed E-state index contributed by atoms with van der Waals surface area (Å²) in [6.07, 6.45) is 0. The van der Waals surface area contributed by atoms with Gasteiger partial charge in [0.1, 0.15) is 0 Å². The van der Waals surface area contributed by atoms with E-state index in [4.69, 9.17) is 5.11 Å². The maximum absolute atomic E-state index is 10.9. The van der Waals surface area contributed by atoms with Gasteiger partial charge < -0.3 is 5.11 Å². The van der Waals surface area contributed by atoms with Crippen LogP contribution in [0.25, 0.3) is 0 Å². The Kier molecular flexibility index (Phi) is 3.69. The van der Waals surface area contributed by atoms with Gasteiger partial charge in [0, 0.05) is 0 Å². The number of carbonyl (C=O) groups is 2. The first-order chi connectivity index (χ1) is 5.42. The Morgan fingerprint density at radius 3 is 2.25 bits per heavy atom. The van der Waals surface area contributed by atoms with Crippen molar-refractivity contribution < 1.29 is 24.5 Å². The van der Waals surface area contributed by atoms with Crippen LogP contribution in [0.3, 0.4) is 0 Å². The van der Waals surface area contributed by atoms with E-state index < -0.39 is 17.4 Å². The summed E-state index contributed by atoms with van der Waals surface area (Å²) in [5.74, 6) is -2.15. The number of hydrogen-bond donors (Lipinski definition) is 1. The second kappa shape index (κ2) is 4.06. The van der Waals surface area contributed by atoms with Crippen LogP contribution < -0.4 is 0 Å². The molecule has 0 aliphatic heterocycles. The van der Waals surface area contributed by atoms with Gasteiger partial charge in [-0.1, -0.05) is 0 Å². The zero-order valence-electron chi connectivity index (χ0n) is 7.29. The molecule has 0 atom stereocenters. The largest absolute Gasteiger partial charge is 0.480 e. The van der Waals surface area contributed by atoms with E-state index in [9.17, 15) is 9.59 Å². The summed E-state index contributed by atoms with van der Waals surface area (Å²) in [6, 6.07) is 0. The normalized spacial score (nSPS) is 10.9. The predicted octanol–water partition coefficient (Wildman–Crippen LogP) is 0.592. The van der Waals surface area contributed by atoms with Crippen LogP contribution >= 0.6 is 0 Å². The van der Waals surface area contributed by atoms with Crippen LogP contribution in [-0.4, -0.2) is 23.7 Å². The Morgan fingerprint density at radius 2 is 1.92 bits per heavy atom. The molecule has 5 nitrogen and oxygen atoms in total. The van der Waals surface area contributed by atoms with Gasteiger partial charge in [-0.3, -0.25) is 9.68 Å². The highest BCUT2D eigenvalue weighted by atomic mass is 17.2. The molecular weight excluding hydrogens is 164 g/mol. The maximum Gasteiger partial charge on any atom is 0.359 e. The van der Waals surface area contributed by atoms with Gasteiger partial charge >= 0.3 is 11.9 Å². The third-order valence-electron chi connectivity index (χ3n) is 1.30. The second-order valence-corrected chi connectivity index (χ2v) is 2.71. The molecule has 1 N–H and O–H groups in total. The average Bonchev–Trinajstić information content (AvgIpc) is 1.99. The summed E-state index contributed by atoms with van der Waals surface area (Å²) in [5.41, 5.74) is -1.56. The van der Waals surface area contributed by atoms with Crippen LogP contribution in [0.15, 0.2) is 0 Å². The molecule has 0 unspecified atom stereocenters. The number of carboxylic acids is 1. The van der Waals surface area contributed by atoms with Crippen LogP contribution in [0.5, 0.6) is 0 Å². The van der Waals surface area contributed by atoms with Gasteiger partial charge in [-0.15, -0.1) is 0 Å². The third-order valence-corrected chi connectivity index (χ3v) is 1.30. The van der Waals surface area contributed by atoms with Gasteiger partial charge in [0.2, 0.25) is 0 Å². The number of carbonyl (C=O) groups excluding carboxylic acids is 1. The number of hydrogen-bond acceptors (Lipinski definition) is 4. The standard InChI is InChI=1S/C7H12O5/c1-4-11-12-6(10)7(2,3)5(8)9/h4H2,1-3H3,(H,8,9). The zero-order chi connectivity index (χ0) is 9.78. The van der Waals surface area contributed by atoms with Gasteiger partial charge in [-0.05, 0) is 20.8 Å². The summed E-state index contributed by atoms with van der Waals surface area (Å²) in [5, 5.41) is 8.55. The first-order valence-corrected chi connectivity index (χ1v) is 3.50. The van der Waals surface area contributed by atoms with Crippen molar-refractivity contribution in [2.45, 2.75) is 20.8 Å². The fourth-order valence-corrected chi connectivity index (χ4v) is 0.304. The summed E-state index contributed by atoms with van der Waals surface area (Å²) < 4.78 is 0. The fraction of sp³-hybridized carbons (Fsp3) is 0.714. The van der Waals surface area contributed by atoms with E-state index in [-0.39, 0.29) is 6.61 Å². The van der Waals surface area contributed by atoms with Gasteiger partial charge in [0.15, 0.2) is 5.41 Å². The lowest BCUT2D eigenvalue weighted by atomic mass is 9.94. The van der Waals surface area contributed by atoms with E-state index in [2.05, 4.69) is 9.78 Å². The van der Waals surface area contributed by atoms with Gasteiger partial charge in [0.05, 0.1) is 6.61 Å². The van der Waals surface area contributed by atoms with E-state index in [1.165, 1.54) is 13.8 Å². The monoisotopic (exact) mass is 176 g/mol. The number of carboxylic acid groups (broad SMARTS) is 1. The van der Waals surface area contributed by atoms with Crippen LogP contribution in [-0.2, 0) is 19.4 Å². The summed E-state index contributed by atoms with van der Waals surface area (Å²) in [6.45, 7) is 4.32. The quantitative estimate of drug-likeness (QED) is 0.385. The molecule has 0 rings (SSSR count). The number of rotatable bonds is 4. The molecule has 0 aromatic rings. The Morgan fingerprint density at radius 1 is 1.42 bits per heavy atom. The lowest BCUT2D eigenvalue weighted by Gasteiger charge is -2.15. The molecule has 5 heteroatoms. The molecule has 70 valence electrons. The average molecular weight is 176 g/mol. The third kappa shape index (κ3) is 2.50. The molecule has 0 saturated carbocycles. The summed E-state index contributed by atoms with van der Waals surface area (Å²) in [7, 11) is 0. The molecule has 0 aromatic carbocycles. The van der Waals surface area contributed by atoms with E-state index >= 15 is 0 Å². The van der Waals surface area contributed by atoms with Gasteiger partial charge in [-0.25, -0.2) is 4.79 Å². The predicted molar refractivity (Wildman–Crippen MR) is 39.1 cm³/mol. The van der Waals surface area contributed by atoms with Crippen molar-refractivity contribution in [2.75, 3.05) is 6.61 Å². The molecule has 0 bridgehead atoms. The second-order valence-electron chi connectivity index (χ2n) is 2.71. The Bertz CT molecular complexity index is 184. The molecule has 0 saturated heterocycles. The van der Waals surface area contributed by atoms with Crippen molar-refractivity contribution in [3.63, 3.8) is 0 Å². The van der Waals surface area contributed by atoms with Crippen molar-refractivity contribution >= 4 is 11.9 Å². The smallest absolute Gasteiger partial charge is 0.359 e. The molecule has 0 fully saturated rings. The Labute approximate surface area is 70.2 Å². The molecule has 12 heavy (non-hydrogen) atoms. The molecule has 0 spiro atoms. The molecule has 0 aromatic heterocycles. The molecule has 0 aliphatic carbocycles. The minimum Gasteiger partial charge on any atom is -0.480 e. The molecule has 0 heterocycles. The molecule has 0 amide bonds. The van der Waals surface area contributed by atoms with E-state index in [0.29, 0.717) is 0 Å². The van der Waals surface area contributed by atoms with E-state index in [1.54, 1.807) is 6.92 Å². The highest BCUT2D eigenvalue weighted by molar-refractivity contribution is 5.97. The summed E-state index contributed by atoms with van der Waals surface area (Å²) in [4.78, 5) is 29.9. The first kappa shape index (κ1) is 10.9. The highest BCUT2D eigenvalue weighted by Gasteiger charge is 2.38. The van der Waals surface area contributed by atoms with E-state index in [1.807, 2.05) is 0 Å². The fourth-order valence-electron chi connectivity index (χ4n) is 0.304. The van der Waals surface area contributed by atoms with Crippen LogP contribution in [0.1, 0.15) is 20.8 Å².